The fourth-order valence-corrected chi connectivity index (χ4v) is 0.647. The average molecular weight is 139 g/mol. The second kappa shape index (κ2) is 3.12. The lowest BCUT2D eigenvalue weighted by Gasteiger charge is -1.96. The van der Waals surface area contributed by atoms with E-state index in [9.17, 15) is 0 Å². The lowest BCUT2D eigenvalue weighted by Crippen LogP contribution is -1.96. The van der Waals surface area contributed by atoms with Gasteiger partial charge in [-0.3, -0.25) is 0 Å². The first-order valence-electron chi connectivity index (χ1n) is 2.89. The van der Waals surface area contributed by atoms with Crippen molar-refractivity contribution in [3.8, 4) is 0 Å². The van der Waals surface area contributed by atoms with Crippen molar-refractivity contribution in [1.82, 2.24) is 10.2 Å². The molecule has 0 saturated heterocycles. The number of anilines is 1. The SMILES string of the molecule is COCc1cc(N)cnn1. The fraction of sp³-hybridized carbons (Fsp3) is 0.333. The van der Waals surface area contributed by atoms with E-state index in [-0.39, 0.29) is 0 Å². The molecule has 0 amide bonds. The smallest absolute Gasteiger partial charge is 0.0908 e. The maximum atomic E-state index is 5.43. The van der Waals surface area contributed by atoms with Gasteiger partial charge in [0.05, 0.1) is 24.2 Å². The molecule has 0 aromatic carbocycles. The number of ether oxygens (including phenoxy) is 1. The Morgan fingerprint density at radius 1 is 1.70 bits per heavy atom. The van der Waals surface area contributed by atoms with Gasteiger partial charge in [0.1, 0.15) is 0 Å². The van der Waals surface area contributed by atoms with Crippen LogP contribution in [-0.2, 0) is 11.3 Å². The highest BCUT2D eigenvalue weighted by atomic mass is 16.5. The molecule has 2 N–H and O–H groups in total. The summed E-state index contributed by atoms with van der Waals surface area (Å²) in [6.45, 7) is 0.456. The number of hydrogen-bond donors (Lipinski definition) is 1. The van der Waals surface area contributed by atoms with E-state index in [1.54, 1.807) is 13.2 Å². The quantitative estimate of drug-likeness (QED) is 0.636. The zero-order valence-corrected chi connectivity index (χ0v) is 5.74. The van der Waals surface area contributed by atoms with E-state index in [0.717, 1.165) is 5.69 Å². The highest BCUT2D eigenvalue weighted by molar-refractivity contribution is 5.34. The van der Waals surface area contributed by atoms with Gasteiger partial charge in [-0.1, -0.05) is 0 Å². The summed E-state index contributed by atoms with van der Waals surface area (Å²) in [5.41, 5.74) is 6.80. The summed E-state index contributed by atoms with van der Waals surface area (Å²) in [5.74, 6) is 0. The number of aromatic nitrogens is 2. The number of hydrogen-bond acceptors (Lipinski definition) is 4. The van der Waals surface area contributed by atoms with Gasteiger partial charge in [0, 0.05) is 7.11 Å². The fourth-order valence-electron chi connectivity index (χ4n) is 0.647. The highest BCUT2D eigenvalue weighted by Crippen LogP contribution is 2.00. The third-order valence-corrected chi connectivity index (χ3v) is 1.02. The van der Waals surface area contributed by atoms with Crippen molar-refractivity contribution in [2.75, 3.05) is 12.8 Å². The molecular weight excluding hydrogens is 130 g/mol. The van der Waals surface area contributed by atoms with Crippen molar-refractivity contribution in [3.05, 3.63) is 18.0 Å². The van der Waals surface area contributed by atoms with Gasteiger partial charge in [-0.2, -0.15) is 10.2 Å². The Kier molecular flexibility index (Phi) is 2.17. The molecule has 0 atom stereocenters. The number of nitrogen functional groups attached to an aromatic ring is 1. The van der Waals surface area contributed by atoms with E-state index in [2.05, 4.69) is 10.2 Å². The van der Waals surface area contributed by atoms with Gasteiger partial charge in [0.2, 0.25) is 0 Å². The molecule has 0 bridgehead atoms. The van der Waals surface area contributed by atoms with Gasteiger partial charge in [-0.05, 0) is 6.07 Å². The summed E-state index contributed by atoms with van der Waals surface area (Å²) in [5, 5.41) is 7.42. The van der Waals surface area contributed by atoms with E-state index in [4.69, 9.17) is 10.5 Å². The van der Waals surface area contributed by atoms with E-state index < -0.39 is 0 Å². The molecule has 1 rings (SSSR count). The molecule has 4 nitrogen and oxygen atoms in total. The maximum absolute atomic E-state index is 5.43. The van der Waals surface area contributed by atoms with Crippen molar-refractivity contribution in [2.24, 2.45) is 0 Å². The molecule has 1 heterocycles. The van der Waals surface area contributed by atoms with Crippen molar-refractivity contribution < 1.29 is 4.74 Å². The van der Waals surface area contributed by atoms with Crippen LogP contribution in [0.4, 0.5) is 5.69 Å². The lowest BCUT2D eigenvalue weighted by atomic mass is 10.4. The van der Waals surface area contributed by atoms with Crippen molar-refractivity contribution in [1.29, 1.82) is 0 Å². The van der Waals surface area contributed by atoms with E-state index in [1.807, 2.05) is 0 Å². The molecule has 0 aliphatic heterocycles. The Labute approximate surface area is 59.0 Å². The van der Waals surface area contributed by atoms with Crippen molar-refractivity contribution in [3.63, 3.8) is 0 Å². The largest absolute Gasteiger partial charge is 0.397 e. The average Bonchev–Trinajstić information content (AvgIpc) is 1.88. The summed E-state index contributed by atoms with van der Waals surface area (Å²) in [7, 11) is 1.60. The molecule has 10 heavy (non-hydrogen) atoms. The molecule has 0 fully saturated rings. The molecule has 0 radical (unpaired) electrons. The molecular formula is C6H9N3O. The first-order chi connectivity index (χ1) is 4.83. The van der Waals surface area contributed by atoms with E-state index >= 15 is 0 Å². The summed E-state index contributed by atoms with van der Waals surface area (Å²) in [6, 6.07) is 1.73. The molecule has 0 unspecified atom stereocenters. The Balaban J connectivity index is 2.75. The molecule has 4 heteroatoms. The van der Waals surface area contributed by atoms with Crippen LogP contribution in [0.2, 0.25) is 0 Å². The Morgan fingerprint density at radius 2 is 2.50 bits per heavy atom. The van der Waals surface area contributed by atoms with Crippen molar-refractivity contribution >= 4 is 5.69 Å². The van der Waals surface area contributed by atoms with Crippen LogP contribution < -0.4 is 5.73 Å². The predicted molar refractivity (Wildman–Crippen MR) is 37.2 cm³/mol. The number of nitrogens with zero attached hydrogens (tertiary/aromatic N) is 2. The first-order valence-corrected chi connectivity index (χ1v) is 2.89. The van der Waals surface area contributed by atoms with Gasteiger partial charge in [-0.25, -0.2) is 0 Å². The normalized spacial score (nSPS) is 9.70. The Hall–Kier alpha value is -1.16. The monoisotopic (exact) mass is 139 g/mol. The van der Waals surface area contributed by atoms with Crippen LogP contribution in [0.15, 0.2) is 12.3 Å². The molecule has 0 aliphatic carbocycles. The van der Waals surface area contributed by atoms with Crippen LogP contribution in [0.25, 0.3) is 0 Å². The van der Waals surface area contributed by atoms with Crippen LogP contribution in [0.5, 0.6) is 0 Å². The van der Waals surface area contributed by atoms with Crippen LogP contribution in [0.3, 0.4) is 0 Å². The summed E-state index contributed by atoms with van der Waals surface area (Å²) < 4.78 is 4.82. The van der Waals surface area contributed by atoms with Crippen LogP contribution in [-0.4, -0.2) is 17.3 Å². The minimum Gasteiger partial charge on any atom is -0.397 e. The van der Waals surface area contributed by atoms with Crippen LogP contribution in [0.1, 0.15) is 5.69 Å². The molecule has 0 spiro atoms. The third kappa shape index (κ3) is 1.66. The molecule has 1 aromatic rings. The van der Waals surface area contributed by atoms with Crippen LogP contribution >= 0.6 is 0 Å². The first kappa shape index (κ1) is 6.95. The standard InChI is InChI=1S/C6H9N3O/c1-10-4-6-2-5(7)3-8-9-6/h2-3H,4H2,1H3,(H2,7,9). The number of nitrogens with two attached hydrogens (primary N) is 1. The number of methoxy groups -OCH3 is 1. The maximum Gasteiger partial charge on any atom is 0.0908 e. The summed E-state index contributed by atoms with van der Waals surface area (Å²) >= 11 is 0. The summed E-state index contributed by atoms with van der Waals surface area (Å²) in [4.78, 5) is 0. The topological polar surface area (TPSA) is 61.0 Å². The van der Waals surface area contributed by atoms with E-state index in [1.165, 1.54) is 6.20 Å². The van der Waals surface area contributed by atoms with Gasteiger partial charge in [-0.15, -0.1) is 0 Å². The predicted octanol–water partition coefficient (Wildman–Crippen LogP) is 0.205. The minimum atomic E-state index is 0.456. The van der Waals surface area contributed by atoms with E-state index in [0.29, 0.717) is 12.3 Å². The molecule has 54 valence electrons. The minimum absolute atomic E-state index is 0.456. The van der Waals surface area contributed by atoms with Gasteiger partial charge >= 0.3 is 0 Å². The molecule has 0 aliphatic rings. The molecule has 0 saturated carbocycles. The Bertz CT molecular complexity index is 214. The third-order valence-electron chi connectivity index (χ3n) is 1.02. The second-order valence-electron chi connectivity index (χ2n) is 1.91. The van der Waals surface area contributed by atoms with Crippen molar-refractivity contribution in [2.45, 2.75) is 6.61 Å². The Morgan fingerprint density at radius 3 is 3.10 bits per heavy atom. The van der Waals surface area contributed by atoms with Gasteiger partial charge in [0.25, 0.3) is 0 Å². The van der Waals surface area contributed by atoms with Gasteiger partial charge in [0.15, 0.2) is 0 Å². The summed E-state index contributed by atoms with van der Waals surface area (Å²) in [6.07, 6.45) is 1.50. The second-order valence-corrected chi connectivity index (χ2v) is 1.91. The zero-order valence-electron chi connectivity index (χ0n) is 5.74. The van der Waals surface area contributed by atoms with Gasteiger partial charge < -0.3 is 10.5 Å². The highest BCUT2D eigenvalue weighted by Gasteiger charge is 1.92. The molecule has 1 aromatic heterocycles. The van der Waals surface area contributed by atoms with Crippen LogP contribution in [0, 0.1) is 0 Å². The lowest BCUT2D eigenvalue weighted by molar-refractivity contribution is 0.180. The zero-order chi connectivity index (χ0) is 7.40. The number of rotatable bonds is 2.